The molecule has 0 aliphatic carbocycles. The molecule has 0 aliphatic rings. The van der Waals surface area contributed by atoms with Crippen LogP contribution in [-0.4, -0.2) is 36.4 Å². The van der Waals surface area contributed by atoms with Crippen molar-refractivity contribution in [3.05, 3.63) is 63.7 Å². The van der Waals surface area contributed by atoms with Crippen molar-refractivity contribution in [3.63, 3.8) is 0 Å². The second kappa shape index (κ2) is 11.8. The summed E-state index contributed by atoms with van der Waals surface area (Å²) < 4.78 is 17.0. The zero-order chi connectivity index (χ0) is 24.5. The fraction of sp³-hybridized carbons (Fsp3) is 0.280. The van der Waals surface area contributed by atoms with Crippen LogP contribution in [0.25, 0.3) is 6.08 Å². The van der Waals surface area contributed by atoms with Crippen molar-refractivity contribution < 1.29 is 19.0 Å². The summed E-state index contributed by atoms with van der Waals surface area (Å²) in [6.45, 7) is 6.70. The summed E-state index contributed by atoms with van der Waals surface area (Å²) in [5.74, 6) is 1.27. The van der Waals surface area contributed by atoms with Gasteiger partial charge in [-0.3, -0.25) is 10.1 Å². The molecule has 1 N–H and O–H groups in total. The Bertz CT molecular complexity index is 1210. The van der Waals surface area contributed by atoms with Gasteiger partial charge in [-0.15, -0.1) is 10.2 Å². The Morgan fingerprint density at radius 1 is 1.09 bits per heavy atom. The molecule has 8 nitrogen and oxygen atoms in total. The highest BCUT2D eigenvalue weighted by molar-refractivity contribution is 7.15. The highest BCUT2D eigenvalue weighted by Gasteiger charge is 2.13. The predicted molar refractivity (Wildman–Crippen MR) is 131 cm³/mol. The monoisotopic (exact) mass is 478 g/mol. The number of carbonyl (C=O) groups is 1. The van der Waals surface area contributed by atoms with Crippen LogP contribution in [0, 0.1) is 25.2 Å². The number of nitrogens with one attached hydrogen (secondary N) is 1. The summed E-state index contributed by atoms with van der Waals surface area (Å²) in [5, 5.41) is 21.1. The van der Waals surface area contributed by atoms with Gasteiger partial charge in [0.25, 0.3) is 5.91 Å². The van der Waals surface area contributed by atoms with Crippen LogP contribution in [0.3, 0.4) is 0 Å². The number of aryl methyl sites for hydroxylation is 3. The van der Waals surface area contributed by atoms with E-state index in [9.17, 15) is 10.1 Å². The lowest BCUT2D eigenvalue weighted by atomic mass is 10.1. The number of aromatic nitrogens is 2. The predicted octanol–water partition coefficient (Wildman–Crippen LogP) is 4.73. The van der Waals surface area contributed by atoms with E-state index in [1.807, 2.05) is 39.0 Å². The first-order valence-electron chi connectivity index (χ1n) is 10.7. The van der Waals surface area contributed by atoms with Crippen LogP contribution in [0.1, 0.15) is 28.6 Å². The van der Waals surface area contributed by atoms with Crippen molar-refractivity contribution >= 4 is 28.5 Å². The molecule has 0 fully saturated rings. The molecule has 2 aromatic carbocycles. The van der Waals surface area contributed by atoms with Crippen LogP contribution in [0.15, 0.2) is 42.0 Å². The van der Waals surface area contributed by atoms with Crippen molar-refractivity contribution in [3.8, 4) is 23.3 Å². The van der Waals surface area contributed by atoms with Gasteiger partial charge < -0.3 is 14.2 Å². The maximum Gasteiger partial charge on any atom is 0.268 e. The van der Waals surface area contributed by atoms with Crippen LogP contribution < -0.4 is 19.5 Å². The Morgan fingerprint density at radius 3 is 2.47 bits per heavy atom. The van der Waals surface area contributed by atoms with E-state index in [0.29, 0.717) is 35.4 Å². The fourth-order valence-corrected chi connectivity index (χ4v) is 3.82. The van der Waals surface area contributed by atoms with Gasteiger partial charge in [0.2, 0.25) is 5.13 Å². The number of amides is 1. The van der Waals surface area contributed by atoms with Gasteiger partial charge in [0.1, 0.15) is 35.6 Å². The van der Waals surface area contributed by atoms with Crippen molar-refractivity contribution in [1.29, 1.82) is 5.26 Å². The topological polar surface area (TPSA) is 106 Å². The second-order valence-electron chi connectivity index (χ2n) is 7.41. The molecule has 0 atom stereocenters. The van der Waals surface area contributed by atoms with Crippen molar-refractivity contribution in [2.45, 2.75) is 27.2 Å². The van der Waals surface area contributed by atoms with Crippen LogP contribution in [0.2, 0.25) is 0 Å². The average Bonchev–Trinajstić information content (AvgIpc) is 3.27. The maximum atomic E-state index is 12.5. The van der Waals surface area contributed by atoms with Crippen LogP contribution in [0.4, 0.5) is 5.13 Å². The molecule has 0 radical (unpaired) electrons. The summed E-state index contributed by atoms with van der Waals surface area (Å²) in [5.41, 5.74) is 2.83. The molecule has 0 bridgehead atoms. The van der Waals surface area contributed by atoms with Gasteiger partial charge in [0.15, 0.2) is 11.5 Å². The zero-order valence-corrected chi connectivity index (χ0v) is 20.4. The molecule has 0 aliphatic heterocycles. The first kappa shape index (κ1) is 24.7. The Hall–Kier alpha value is -3.90. The molecule has 34 heavy (non-hydrogen) atoms. The molecule has 0 saturated carbocycles. The molecule has 1 aromatic heterocycles. The van der Waals surface area contributed by atoms with Crippen molar-refractivity contribution in [1.82, 2.24) is 10.2 Å². The van der Waals surface area contributed by atoms with E-state index in [1.165, 1.54) is 24.5 Å². The average molecular weight is 479 g/mol. The number of nitriles is 1. The minimum absolute atomic E-state index is 0.0641. The summed E-state index contributed by atoms with van der Waals surface area (Å²) in [7, 11) is 1.53. The number of carbonyl (C=O) groups excluding carboxylic acids is 1. The summed E-state index contributed by atoms with van der Waals surface area (Å²) in [4.78, 5) is 12.5. The third-order valence-electron chi connectivity index (χ3n) is 4.66. The van der Waals surface area contributed by atoms with Gasteiger partial charge in [-0.05, 0) is 67.3 Å². The number of hydrogen-bond acceptors (Lipinski definition) is 8. The molecule has 176 valence electrons. The zero-order valence-electron chi connectivity index (χ0n) is 19.5. The Balaban J connectivity index is 1.62. The fourth-order valence-electron chi connectivity index (χ4n) is 3.15. The highest BCUT2D eigenvalue weighted by atomic mass is 32.1. The number of rotatable bonds is 10. The van der Waals surface area contributed by atoms with Gasteiger partial charge in [0.05, 0.1) is 7.11 Å². The number of hydrogen-bond donors (Lipinski definition) is 1. The molecular formula is C25H26N4O4S. The lowest BCUT2D eigenvalue weighted by Gasteiger charge is -2.13. The molecule has 3 rings (SSSR count). The minimum atomic E-state index is -0.552. The van der Waals surface area contributed by atoms with E-state index in [0.717, 1.165) is 28.3 Å². The molecule has 1 heterocycles. The number of nitrogens with zero attached hydrogens (tertiary/aromatic N) is 3. The number of methoxy groups -OCH3 is 1. The summed E-state index contributed by atoms with van der Waals surface area (Å²) >= 11 is 1.28. The number of benzene rings is 2. The van der Waals surface area contributed by atoms with Crippen molar-refractivity contribution in [2.75, 3.05) is 25.6 Å². The third-order valence-corrected chi connectivity index (χ3v) is 5.64. The second-order valence-corrected chi connectivity index (χ2v) is 8.47. The summed E-state index contributed by atoms with van der Waals surface area (Å²) in [6, 6.07) is 13.1. The van der Waals surface area contributed by atoms with Gasteiger partial charge >= 0.3 is 0 Å². The molecular weight excluding hydrogens is 452 g/mol. The molecule has 0 saturated heterocycles. The Kier molecular flexibility index (Phi) is 8.60. The standard InChI is InChI=1S/C25H26N4O4S/c1-5-23-28-29-25(34-23)27-24(30)19(15-26)13-18-6-7-21(22(14-18)31-4)33-9-8-32-20-11-16(2)10-17(3)12-20/h6-7,10-14H,5,8-9H2,1-4H3,(H,27,29,30)/b19-13-. The van der Waals surface area contributed by atoms with E-state index in [2.05, 4.69) is 21.6 Å². The maximum absolute atomic E-state index is 12.5. The van der Waals surface area contributed by atoms with E-state index >= 15 is 0 Å². The molecule has 1 amide bonds. The smallest absolute Gasteiger partial charge is 0.268 e. The third kappa shape index (κ3) is 6.80. The summed E-state index contributed by atoms with van der Waals surface area (Å²) in [6.07, 6.45) is 2.20. The first-order chi connectivity index (χ1) is 16.4. The van der Waals surface area contributed by atoms with E-state index in [1.54, 1.807) is 18.2 Å². The molecule has 3 aromatic rings. The van der Waals surface area contributed by atoms with Gasteiger partial charge in [-0.2, -0.15) is 5.26 Å². The van der Waals surface area contributed by atoms with E-state index < -0.39 is 5.91 Å². The number of ether oxygens (including phenoxy) is 3. The Morgan fingerprint density at radius 2 is 1.82 bits per heavy atom. The van der Waals surface area contributed by atoms with Gasteiger partial charge in [-0.1, -0.05) is 30.4 Å². The first-order valence-corrected chi connectivity index (χ1v) is 11.5. The molecule has 0 unspecified atom stereocenters. The van der Waals surface area contributed by atoms with Crippen LogP contribution >= 0.6 is 11.3 Å². The quantitative estimate of drug-likeness (QED) is 0.255. The normalized spacial score (nSPS) is 11.0. The van der Waals surface area contributed by atoms with E-state index in [4.69, 9.17) is 14.2 Å². The van der Waals surface area contributed by atoms with E-state index in [-0.39, 0.29) is 5.57 Å². The SMILES string of the molecule is CCc1nnc(NC(=O)/C(C#N)=C\c2ccc(OCCOc3cc(C)cc(C)c3)c(OC)c2)s1. The number of anilines is 1. The van der Waals surface area contributed by atoms with Gasteiger partial charge in [-0.25, -0.2) is 0 Å². The Labute approximate surface area is 202 Å². The molecule has 9 heteroatoms. The minimum Gasteiger partial charge on any atom is -0.493 e. The highest BCUT2D eigenvalue weighted by Crippen LogP contribution is 2.29. The lowest BCUT2D eigenvalue weighted by Crippen LogP contribution is -2.13. The lowest BCUT2D eigenvalue weighted by molar-refractivity contribution is -0.112. The molecule has 0 spiro atoms. The van der Waals surface area contributed by atoms with Crippen molar-refractivity contribution in [2.24, 2.45) is 0 Å². The van der Waals surface area contributed by atoms with Crippen LogP contribution in [0.5, 0.6) is 17.2 Å². The van der Waals surface area contributed by atoms with Crippen LogP contribution in [-0.2, 0) is 11.2 Å². The van der Waals surface area contributed by atoms with Gasteiger partial charge in [0, 0.05) is 0 Å². The largest absolute Gasteiger partial charge is 0.493 e.